The Hall–Kier alpha value is -3.80. The summed E-state index contributed by atoms with van der Waals surface area (Å²) >= 11 is 0. The molecule has 3 amide bonds. The van der Waals surface area contributed by atoms with E-state index in [2.05, 4.69) is 0 Å². The van der Waals surface area contributed by atoms with E-state index in [1.165, 1.54) is 26.0 Å². The van der Waals surface area contributed by atoms with Gasteiger partial charge in [0.2, 0.25) is 12.0 Å². The SMILES string of the molecule is CC(C)C(NC(=O)Cn1c(-c2ccccc2)ccc(N2C(=O)C(O)C2=O)c1=O)C(=O)C(F)(F)F. The maximum atomic E-state index is 13.2. The van der Waals surface area contributed by atoms with Crippen LogP contribution in [0.3, 0.4) is 0 Å². The number of hydrogen-bond acceptors (Lipinski definition) is 6. The lowest BCUT2D eigenvalue weighted by Gasteiger charge is -2.32. The molecule has 1 aromatic carbocycles. The molecule has 0 saturated carbocycles. The minimum atomic E-state index is -5.17. The number of amides is 3. The zero-order valence-electron chi connectivity index (χ0n) is 18.0. The third-order valence-corrected chi connectivity index (χ3v) is 5.22. The van der Waals surface area contributed by atoms with Crippen molar-refractivity contribution in [1.29, 1.82) is 0 Å². The van der Waals surface area contributed by atoms with Crippen LogP contribution >= 0.6 is 0 Å². The highest BCUT2D eigenvalue weighted by molar-refractivity contribution is 6.35. The molecule has 0 spiro atoms. The predicted molar refractivity (Wildman–Crippen MR) is 112 cm³/mol. The Morgan fingerprint density at radius 2 is 1.62 bits per heavy atom. The van der Waals surface area contributed by atoms with Gasteiger partial charge in [0.05, 0.1) is 11.7 Å². The van der Waals surface area contributed by atoms with Crippen molar-refractivity contribution in [3.8, 4) is 11.3 Å². The van der Waals surface area contributed by atoms with E-state index in [9.17, 15) is 42.3 Å². The number of aliphatic hydroxyl groups excluding tert-OH is 1. The molecule has 180 valence electrons. The number of nitrogens with zero attached hydrogens (tertiary/aromatic N) is 2. The summed E-state index contributed by atoms with van der Waals surface area (Å²) in [4.78, 5) is 61.8. The molecule has 2 aromatic rings. The van der Waals surface area contributed by atoms with Gasteiger partial charge in [-0.1, -0.05) is 44.2 Å². The summed E-state index contributed by atoms with van der Waals surface area (Å²) < 4.78 is 39.7. The van der Waals surface area contributed by atoms with E-state index < -0.39 is 65.5 Å². The lowest BCUT2D eigenvalue weighted by Crippen LogP contribution is -2.63. The predicted octanol–water partition coefficient (Wildman–Crippen LogP) is 1.02. The third-order valence-electron chi connectivity index (χ3n) is 5.22. The monoisotopic (exact) mass is 479 g/mol. The molecule has 0 radical (unpaired) electrons. The molecule has 1 aromatic heterocycles. The standard InChI is InChI=1S/C22H20F3N3O6/c1-11(2)16(18(31)22(23,24)25)26-15(29)10-27-13(12-6-4-3-5-7-12)8-9-14(19(27)32)28-20(33)17(30)21(28)34/h3-9,11,16-17,30H,10H2,1-2H3,(H,26,29). The van der Waals surface area contributed by atoms with E-state index in [0.717, 1.165) is 4.57 Å². The maximum absolute atomic E-state index is 13.2. The van der Waals surface area contributed by atoms with E-state index in [4.69, 9.17) is 0 Å². The molecule has 1 atom stereocenters. The molecule has 2 N–H and O–H groups in total. The van der Waals surface area contributed by atoms with Crippen LogP contribution in [0.1, 0.15) is 13.8 Å². The van der Waals surface area contributed by atoms with Crippen LogP contribution in [0.4, 0.5) is 18.9 Å². The third kappa shape index (κ3) is 4.62. The van der Waals surface area contributed by atoms with Crippen molar-refractivity contribution in [2.75, 3.05) is 4.90 Å². The number of aliphatic hydroxyl groups is 1. The van der Waals surface area contributed by atoms with Crippen molar-refractivity contribution in [2.24, 2.45) is 5.92 Å². The molecule has 0 bridgehead atoms. The zero-order valence-corrected chi connectivity index (χ0v) is 18.0. The van der Waals surface area contributed by atoms with Crippen molar-refractivity contribution < 1.29 is 37.5 Å². The van der Waals surface area contributed by atoms with Gasteiger partial charge in [0, 0.05) is 0 Å². The van der Waals surface area contributed by atoms with Crippen LogP contribution in [0.2, 0.25) is 0 Å². The minimum Gasteiger partial charge on any atom is -0.375 e. The molecule has 3 rings (SSSR count). The first kappa shape index (κ1) is 24.8. The molecular formula is C22H20F3N3O6. The number of hydrogen-bond donors (Lipinski definition) is 2. The molecule has 1 fully saturated rings. The van der Waals surface area contributed by atoms with Crippen LogP contribution in [-0.4, -0.2) is 51.5 Å². The number of carbonyl (C=O) groups excluding carboxylic acids is 4. The second-order valence-corrected chi connectivity index (χ2v) is 7.93. The summed E-state index contributed by atoms with van der Waals surface area (Å²) in [5.74, 6) is -6.14. The number of Topliss-reactive ketones (excluding diaryl/α,β-unsaturated/α-hetero) is 1. The van der Waals surface area contributed by atoms with E-state index in [-0.39, 0.29) is 5.69 Å². The Balaban J connectivity index is 2.01. The van der Waals surface area contributed by atoms with Crippen molar-refractivity contribution in [3.63, 3.8) is 0 Å². The number of nitrogens with one attached hydrogen (secondary N) is 1. The number of ketones is 1. The van der Waals surface area contributed by atoms with E-state index in [1.807, 2.05) is 5.32 Å². The Bertz CT molecular complexity index is 1190. The van der Waals surface area contributed by atoms with Gasteiger partial charge in [-0.3, -0.25) is 28.5 Å². The summed E-state index contributed by atoms with van der Waals surface area (Å²) in [6, 6.07) is 8.85. The van der Waals surface area contributed by atoms with Crippen molar-refractivity contribution in [2.45, 2.75) is 38.7 Å². The van der Waals surface area contributed by atoms with Crippen LogP contribution in [0.25, 0.3) is 11.3 Å². The highest BCUT2D eigenvalue weighted by Gasteiger charge is 2.48. The molecule has 1 unspecified atom stereocenters. The number of halogens is 3. The summed E-state index contributed by atoms with van der Waals surface area (Å²) in [6.07, 6.45) is -7.07. The highest BCUT2D eigenvalue weighted by Crippen LogP contribution is 2.25. The molecule has 34 heavy (non-hydrogen) atoms. The summed E-state index contributed by atoms with van der Waals surface area (Å²) in [7, 11) is 0. The first-order valence-corrected chi connectivity index (χ1v) is 10.1. The first-order valence-electron chi connectivity index (χ1n) is 10.1. The summed E-state index contributed by atoms with van der Waals surface area (Å²) in [5, 5.41) is 11.4. The number of aromatic nitrogens is 1. The van der Waals surface area contributed by atoms with Crippen LogP contribution < -0.4 is 15.8 Å². The molecular weight excluding hydrogens is 459 g/mol. The van der Waals surface area contributed by atoms with Crippen LogP contribution in [-0.2, 0) is 25.7 Å². The average molecular weight is 479 g/mol. The van der Waals surface area contributed by atoms with Crippen molar-refractivity contribution in [3.05, 3.63) is 52.8 Å². The number of pyridine rings is 1. The van der Waals surface area contributed by atoms with Gasteiger partial charge < -0.3 is 10.4 Å². The van der Waals surface area contributed by atoms with Gasteiger partial charge in [0.25, 0.3) is 23.2 Å². The largest absolute Gasteiger partial charge is 0.452 e. The number of anilines is 1. The number of alkyl halides is 3. The molecule has 12 heteroatoms. The number of benzene rings is 1. The van der Waals surface area contributed by atoms with Gasteiger partial charge in [-0.2, -0.15) is 13.2 Å². The van der Waals surface area contributed by atoms with Crippen LogP contribution in [0.15, 0.2) is 47.3 Å². The fourth-order valence-electron chi connectivity index (χ4n) is 3.46. The minimum absolute atomic E-state index is 0.175. The Labute approximate surface area is 190 Å². The lowest BCUT2D eigenvalue weighted by atomic mass is 9.99. The average Bonchev–Trinajstić information content (AvgIpc) is 2.79. The van der Waals surface area contributed by atoms with Crippen molar-refractivity contribution >= 4 is 29.2 Å². The van der Waals surface area contributed by atoms with Gasteiger partial charge in [-0.25, -0.2) is 4.90 Å². The Morgan fingerprint density at radius 1 is 1.03 bits per heavy atom. The van der Waals surface area contributed by atoms with E-state index >= 15 is 0 Å². The molecule has 1 aliphatic heterocycles. The van der Waals surface area contributed by atoms with E-state index in [0.29, 0.717) is 10.5 Å². The zero-order chi connectivity index (χ0) is 25.4. The smallest absolute Gasteiger partial charge is 0.375 e. The second kappa shape index (κ2) is 9.21. The Morgan fingerprint density at radius 3 is 2.15 bits per heavy atom. The molecule has 9 nitrogen and oxygen atoms in total. The second-order valence-electron chi connectivity index (χ2n) is 7.93. The lowest BCUT2D eigenvalue weighted by molar-refractivity contribution is -0.174. The number of rotatable bonds is 7. The van der Waals surface area contributed by atoms with Crippen LogP contribution in [0.5, 0.6) is 0 Å². The van der Waals surface area contributed by atoms with Gasteiger partial charge in [-0.15, -0.1) is 0 Å². The number of carbonyl (C=O) groups is 4. The summed E-state index contributed by atoms with van der Waals surface area (Å²) in [6.45, 7) is 1.84. The van der Waals surface area contributed by atoms with Gasteiger partial charge >= 0.3 is 6.18 Å². The van der Waals surface area contributed by atoms with Crippen molar-refractivity contribution in [1.82, 2.24) is 9.88 Å². The number of β-lactam (4-membered cyclic amide) rings is 2. The van der Waals surface area contributed by atoms with Gasteiger partial charge in [-0.05, 0) is 23.6 Å². The maximum Gasteiger partial charge on any atom is 0.452 e. The fourth-order valence-corrected chi connectivity index (χ4v) is 3.46. The molecule has 0 aliphatic carbocycles. The molecule has 1 saturated heterocycles. The van der Waals surface area contributed by atoms with Gasteiger partial charge in [0.1, 0.15) is 12.2 Å². The Kier molecular flexibility index (Phi) is 6.73. The normalized spacial score (nSPS) is 15.3. The highest BCUT2D eigenvalue weighted by atomic mass is 19.4. The van der Waals surface area contributed by atoms with Crippen LogP contribution in [0, 0.1) is 5.92 Å². The van der Waals surface area contributed by atoms with E-state index in [1.54, 1.807) is 30.3 Å². The first-order chi connectivity index (χ1) is 15.8. The number of imide groups is 1. The molecule has 1 aliphatic rings. The summed E-state index contributed by atoms with van der Waals surface area (Å²) in [5.41, 5.74) is -0.756. The quantitative estimate of drug-likeness (QED) is 0.451. The van der Waals surface area contributed by atoms with Gasteiger partial charge in [0.15, 0.2) is 0 Å². The molecule has 2 heterocycles. The fraction of sp³-hybridized carbons (Fsp3) is 0.318. The topological polar surface area (TPSA) is 126 Å².